The van der Waals surface area contributed by atoms with Crippen LogP contribution in [-0.2, 0) is 14.3 Å². The van der Waals surface area contributed by atoms with Crippen molar-refractivity contribution in [1.29, 1.82) is 0 Å². The van der Waals surface area contributed by atoms with Crippen molar-refractivity contribution in [2.75, 3.05) is 0 Å². The van der Waals surface area contributed by atoms with Crippen LogP contribution in [0.3, 0.4) is 0 Å². The third-order valence-electron chi connectivity index (χ3n) is 1.82. The van der Waals surface area contributed by atoms with Gasteiger partial charge in [-0.25, -0.2) is 0 Å². The molecule has 0 aromatic heterocycles. The molecule has 2 atom stereocenters. The van der Waals surface area contributed by atoms with Crippen molar-refractivity contribution in [1.82, 2.24) is 0 Å². The standard InChI is InChI=1S/C8H12O3/c1-5-3-7(4-6(2)9)11-8(5)10/h5,7H,3-4H2,1-2H3/t5-,7?/m0/s1. The summed E-state index contributed by atoms with van der Waals surface area (Å²) in [5.41, 5.74) is 0. The second-order valence-corrected chi connectivity index (χ2v) is 3.10. The van der Waals surface area contributed by atoms with E-state index in [2.05, 4.69) is 0 Å². The number of hydrogen-bond donors (Lipinski definition) is 0. The molecule has 0 aromatic carbocycles. The minimum atomic E-state index is -0.170. The first kappa shape index (κ1) is 8.24. The summed E-state index contributed by atoms with van der Waals surface area (Å²) in [7, 11) is 0. The normalized spacial score (nSPS) is 30.2. The van der Waals surface area contributed by atoms with E-state index in [-0.39, 0.29) is 23.8 Å². The average molecular weight is 156 g/mol. The Morgan fingerprint density at radius 2 is 2.36 bits per heavy atom. The zero-order chi connectivity index (χ0) is 8.43. The zero-order valence-electron chi connectivity index (χ0n) is 6.79. The van der Waals surface area contributed by atoms with Gasteiger partial charge in [0.15, 0.2) is 0 Å². The van der Waals surface area contributed by atoms with Gasteiger partial charge in [0, 0.05) is 6.42 Å². The minimum Gasteiger partial charge on any atom is -0.462 e. The van der Waals surface area contributed by atoms with Gasteiger partial charge in [-0.15, -0.1) is 0 Å². The quantitative estimate of drug-likeness (QED) is 0.558. The number of ketones is 1. The molecule has 62 valence electrons. The van der Waals surface area contributed by atoms with Crippen molar-refractivity contribution in [3.8, 4) is 0 Å². The summed E-state index contributed by atoms with van der Waals surface area (Å²) in [6, 6.07) is 0. The van der Waals surface area contributed by atoms with Gasteiger partial charge in [0.2, 0.25) is 0 Å². The van der Waals surface area contributed by atoms with Crippen molar-refractivity contribution in [2.24, 2.45) is 5.92 Å². The molecule has 1 heterocycles. The number of carbonyl (C=O) groups excluding carboxylic acids is 2. The second kappa shape index (κ2) is 3.03. The number of rotatable bonds is 2. The van der Waals surface area contributed by atoms with Crippen molar-refractivity contribution in [2.45, 2.75) is 32.8 Å². The highest BCUT2D eigenvalue weighted by molar-refractivity contribution is 5.78. The van der Waals surface area contributed by atoms with Crippen molar-refractivity contribution in [3.05, 3.63) is 0 Å². The smallest absolute Gasteiger partial charge is 0.309 e. The Bertz CT molecular complexity index is 184. The van der Waals surface area contributed by atoms with Crippen molar-refractivity contribution in [3.63, 3.8) is 0 Å². The highest BCUT2D eigenvalue weighted by Crippen LogP contribution is 2.22. The third kappa shape index (κ3) is 2.03. The van der Waals surface area contributed by atoms with E-state index in [1.807, 2.05) is 6.92 Å². The molecule has 3 nitrogen and oxygen atoms in total. The first-order chi connectivity index (χ1) is 5.09. The summed E-state index contributed by atoms with van der Waals surface area (Å²) in [5, 5.41) is 0. The Labute approximate surface area is 65.7 Å². The Morgan fingerprint density at radius 1 is 1.73 bits per heavy atom. The predicted molar refractivity (Wildman–Crippen MR) is 39.0 cm³/mol. The summed E-state index contributed by atoms with van der Waals surface area (Å²) in [6.07, 6.45) is 0.907. The van der Waals surface area contributed by atoms with Gasteiger partial charge in [-0.2, -0.15) is 0 Å². The van der Waals surface area contributed by atoms with Gasteiger partial charge in [-0.05, 0) is 13.3 Å². The van der Waals surface area contributed by atoms with Gasteiger partial charge in [-0.3, -0.25) is 9.59 Å². The van der Waals surface area contributed by atoms with Gasteiger partial charge < -0.3 is 4.74 Å². The Balaban J connectivity index is 2.41. The van der Waals surface area contributed by atoms with Gasteiger partial charge in [0.25, 0.3) is 0 Å². The molecule has 0 radical (unpaired) electrons. The Morgan fingerprint density at radius 3 is 2.73 bits per heavy atom. The molecule has 3 heteroatoms. The summed E-state index contributed by atoms with van der Waals surface area (Å²) in [5.74, 6) is -0.118. The molecule has 0 amide bonds. The largest absolute Gasteiger partial charge is 0.462 e. The van der Waals surface area contributed by atoms with Gasteiger partial charge in [-0.1, -0.05) is 6.92 Å². The number of Topliss-reactive ketones (excluding diaryl/α,β-unsaturated/α-hetero) is 1. The van der Waals surface area contributed by atoms with Crippen molar-refractivity contribution < 1.29 is 14.3 Å². The molecule has 11 heavy (non-hydrogen) atoms. The molecule has 0 bridgehead atoms. The van der Waals surface area contributed by atoms with Crippen LogP contribution in [0.15, 0.2) is 0 Å². The van der Waals surface area contributed by atoms with Crippen LogP contribution in [0, 0.1) is 5.92 Å². The van der Waals surface area contributed by atoms with Crippen molar-refractivity contribution >= 4 is 11.8 Å². The maximum Gasteiger partial charge on any atom is 0.309 e. The van der Waals surface area contributed by atoms with E-state index in [1.54, 1.807) is 0 Å². The topological polar surface area (TPSA) is 43.4 Å². The fraction of sp³-hybridized carbons (Fsp3) is 0.750. The van der Waals surface area contributed by atoms with Gasteiger partial charge >= 0.3 is 5.97 Å². The lowest BCUT2D eigenvalue weighted by atomic mass is 10.0. The maximum absolute atomic E-state index is 10.8. The maximum atomic E-state index is 10.8. The lowest BCUT2D eigenvalue weighted by Gasteiger charge is -2.04. The molecular weight excluding hydrogens is 144 g/mol. The number of carbonyl (C=O) groups is 2. The van der Waals surface area contributed by atoms with E-state index < -0.39 is 0 Å². The highest BCUT2D eigenvalue weighted by Gasteiger charge is 2.31. The summed E-state index contributed by atoms with van der Waals surface area (Å²) < 4.78 is 4.92. The molecule has 0 saturated carbocycles. The van der Waals surface area contributed by atoms with E-state index >= 15 is 0 Å². The third-order valence-corrected chi connectivity index (χ3v) is 1.82. The molecule has 0 aliphatic carbocycles. The van der Waals surface area contributed by atoms with E-state index in [9.17, 15) is 9.59 Å². The average Bonchev–Trinajstić information content (AvgIpc) is 2.10. The molecule has 0 spiro atoms. The summed E-state index contributed by atoms with van der Waals surface area (Å²) >= 11 is 0. The van der Waals surface area contributed by atoms with Crippen LogP contribution >= 0.6 is 0 Å². The molecule has 1 aliphatic rings. The number of esters is 1. The number of hydrogen-bond acceptors (Lipinski definition) is 3. The Kier molecular flexibility index (Phi) is 2.27. The Hall–Kier alpha value is -0.860. The van der Waals surface area contributed by atoms with Crippen LogP contribution in [-0.4, -0.2) is 17.9 Å². The second-order valence-electron chi connectivity index (χ2n) is 3.10. The predicted octanol–water partition coefficient (Wildman–Crippen LogP) is 0.917. The number of cyclic esters (lactones) is 1. The van der Waals surface area contributed by atoms with E-state index in [4.69, 9.17) is 4.74 Å². The SMILES string of the molecule is CC(=O)CC1C[C@H](C)C(=O)O1. The lowest BCUT2D eigenvalue weighted by Crippen LogP contribution is -2.10. The lowest BCUT2D eigenvalue weighted by molar-refractivity contribution is -0.144. The molecule has 0 aromatic rings. The molecule has 1 unspecified atom stereocenters. The zero-order valence-corrected chi connectivity index (χ0v) is 6.79. The highest BCUT2D eigenvalue weighted by atomic mass is 16.5. The summed E-state index contributed by atoms with van der Waals surface area (Å²) in [6.45, 7) is 3.33. The van der Waals surface area contributed by atoms with Crippen LogP contribution in [0.25, 0.3) is 0 Å². The minimum absolute atomic E-state index is 0.0284. The van der Waals surface area contributed by atoms with Gasteiger partial charge in [0.1, 0.15) is 11.9 Å². The van der Waals surface area contributed by atoms with E-state index in [0.29, 0.717) is 12.8 Å². The molecule has 1 saturated heterocycles. The van der Waals surface area contributed by atoms with Crippen LogP contribution in [0.5, 0.6) is 0 Å². The first-order valence-electron chi connectivity index (χ1n) is 3.79. The molecule has 1 aliphatic heterocycles. The van der Waals surface area contributed by atoms with Crippen LogP contribution in [0.1, 0.15) is 26.7 Å². The fourth-order valence-corrected chi connectivity index (χ4v) is 1.26. The van der Waals surface area contributed by atoms with E-state index in [1.165, 1.54) is 6.92 Å². The first-order valence-corrected chi connectivity index (χ1v) is 3.79. The monoisotopic (exact) mass is 156 g/mol. The van der Waals surface area contributed by atoms with Gasteiger partial charge in [0.05, 0.1) is 5.92 Å². The molecule has 1 rings (SSSR count). The molecule has 1 fully saturated rings. The number of ether oxygens (including phenoxy) is 1. The van der Waals surface area contributed by atoms with Crippen LogP contribution in [0.4, 0.5) is 0 Å². The molecule has 0 N–H and O–H groups in total. The molecular formula is C8H12O3. The fourth-order valence-electron chi connectivity index (χ4n) is 1.26. The van der Waals surface area contributed by atoms with E-state index in [0.717, 1.165) is 0 Å². The van der Waals surface area contributed by atoms with Crippen LogP contribution < -0.4 is 0 Å². The summed E-state index contributed by atoms with van der Waals surface area (Å²) in [4.78, 5) is 21.5. The van der Waals surface area contributed by atoms with Crippen LogP contribution in [0.2, 0.25) is 0 Å².